The first-order valence-corrected chi connectivity index (χ1v) is 6.85. The molecule has 0 atom stereocenters. The summed E-state index contributed by atoms with van der Waals surface area (Å²) in [6.07, 6.45) is 3.62. The van der Waals surface area contributed by atoms with Crippen LogP contribution in [0.2, 0.25) is 0 Å². The van der Waals surface area contributed by atoms with Crippen LogP contribution in [0.15, 0.2) is 12.1 Å². The molecule has 0 aromatic carbocycles. The fourth-order valence-electron chi connectivity index (χ4n) is 2.17. The van der Waals surface area contributed by atoms with E-state index in [1.54, 1.807) is 6.07 Å². The minimum atomic E-state index is -0.185. The molecule has 1 amide bonds. The van der Waals surface area contributed by atoms with E-state index in [9.17, 15) is 4.79 Å². The Bertz CT molecular complexity index is 416. The summed E-state index contributed by atoms with van der Waals surface area (Å²) in [5, 5.41) is 10.9. The van der Waals surface area contributed by atoms with Gasteiger partial charge in [-0.1, -0.05) is 0 Å². The number of hydrogen-bond donors (Lipinski definition) is 2. The van der Waals surface area contributed by atoms with Gasteiger partial charge in [0.25, 0.3) is 5.91 Å². The number of carbonyl (C=O) groups excluding carboxylic acids is 1. The van der Waals surface area contributed by atoms with E-state index in [1.165, 1.54) is 19.3 Å². The summed E-state index contributed by atoms with van der Waals surface area (Å²) in [6.45, 7) is 3.83. The number of aromatic nitrogens is 2. The third kappa shape index (κ3) is 3.20. The van der Waals surface area contributed by atoms with Crippen LogP contribution in [0.5, 0.6) is 0 Å². The van der Waals surface area contributed by atoms with E-state index in [-0.39, 0.29) is 5.91 Å². The molecule has 0 radical (unpaired) electrons. The topological polar surface area (TPSA) is 84.1 Å². The second kappa shape index (κ2) is 6.47. The van der Waals surface area contributed by atoms with Crippen LogP contribution < -0.4 is 16.0 Å². The van der Waals surface area contributed by atoms with Gasteiger partial charge in [0.1, 0.15) is 0 Å². The van der Waals surface area contributed by atoms with Gasteiger partial charge in [0.05, 0.1) is 0 Å². The Labute approximate surface area is 113 Å². The largest absolute Gasteiger partial charge is 0.351 e. The zero-order valence-electron chi connectivity index (χ0n) is 11.3. The van der Waals surface area contributed by atoms with E-state index < -0.39 is 0 Å². The second-order valence-electron chi connectivity index (χ2n) is 4.70. The SMILES string of the molecule is CCNC(=O)c1ccc(N(CCN)C2CCC2)nn1. The Kier molecular flexibility index (Phi) is 4.68. The van der Waals surface area contributed by atoms with E-state index in [2.05, 4.69) is 20.4 Å². The zero-order valence-corrected chi connectivity index (χ0v) is 11.3. The Balaban J connectivity index is 2.08. The van der Waals surface area contributed by atoms with Crippen LogP contribution >= 0.6 is 0 Å². The summed E-state index contributed by atoms with van der Waals surface area (Å²) in [5.41, 5.74) is 6.00. The Hall–Kier alpha value is -1.69. The van der Waals surface area contributed by atoms with Crippen LogP contribution in [0, 0.1) is 0 Å². The van der Waals surface area contributed by atoms with Crippen LogP contribution in [0.3, 0.4) is 0 Å². The minimum Gasteiger partial charge on any atom is -0.351 e. The number of amides is 1. The average molecular weight is 263 g/mol. The molecule has 1 saturated carbocycles. The van der Waals surface area contributed by atoms with Crippen molar-refractivity contribution in [3.63, 3.8) is 0 Å². The van der Waals surface area contributed by atoms with Crippen molar-refractivity contribution < 1.29 is 4.79 Å². The van der Waals surface area contributed by atoms with Crippen molar-refractivity contribution in [2.75, 3.05) is 24.5 Å². The van der Waals surface area contributed by atoms with Gasteiger partial charge in [-0.15, -0.1) is 10.2 Å². The number of nitrogens with two attached hydrogens (primary N) is 1. The van der Waals surface area contributed by atoms with Gasteiger partial charge in [-0.2, -0.15) is 0 Å². The van der Waals surface area contributed by atoms with Crippen molar-refractivity contribution in [1.29, 1.82) is 0 Å². The maximum Gasteiger partial charge on any atom is 0.271 e. The number of carbonyl (C=O) groups is 1. The van der Waals surface area contributed by atoms with Crippen LogP contribution in [-0.4, -0.2) is 41.8 Å². The monoisotopic (exact) mass is 263 g/mol. The number of anilines is 1. The second-order valence-corrected chi connectivity index (χ2v) is 4.70. The zero-order chi connectivity index (χ0) is 13.7. The summed E-state index contributed by atoms with van der Waals surface area (Å²) >= 11 is 0. The lowest BCUT2D eigenvalue weighted by atomic mass is 9.91. The average Bonchev–Trinajstić information content (AvgIpc) is 2.37. The normalized spacial score (nSPS) is 14.8. The van der Waals surface area contributed by atoms with Gasteiger partial charge < -0.3 is 16.0 Å². The van der Waals surface area contributed by atoms with E-state index in [0.717, 1.165) is 12.4 Å². The fourth-order valence-corrected chi connectivity index (χ4v) is 2.17. The molecule has 1 aliphatic rings. The first-order valence-electron chi connectivity index (χ1n) is 6.85. The molecule has 1 aromatic heterocycles. The maximum absolute atomic E-state index is 11.6. The maximum atomic E-state index is 11.6. The van der Waals surface area contributed by atoms with Gasteiger partial charge in [-0.3, -0.25) is 4.79 Å². The van der Waals surface area contributed by atoms with Gasteiger partial charge in [0, 0.05) is 25.7 Å². The molecule has 0 aliphatic heterocycles. The molecular formula is C13H21N5O. The van der Waals surface area contributed by atoms with Gasteiger partial charge in [-0.25, -0.2) is 0 Å². The van der Waals surface area contributed by atoms with Crippen LogP contribution in [0.1, 0.15) is 36.7 Å². The highest BCUT2D eigenvalue weighted by Crippen LogP contribution is 2.27. The molecule has 2 rings (SSSR count). The first-order chi connectivity index (χ1) is 9.26. The van der Waals surface area contributed by atoms with Crippen LogP contribution in [-0.2, 0) is 0 Å². The van der Waals surface area contributed by atoms with Crippen LogP contribution in [0.4, 0.5) is 5.82 Å². The number of nitrogens with zero attached hydrogens (tertiary/aromatic N) is 3. The van der Waals surface area contributed by atoms with Gasteiger partial charge >= 0.3 is 0 Å². The number of hydrogen-bond acceptors (Lipinski definition) is 5. The van der Waals surface area contributed by atoms with E-state index in [1.807, 2.05) is 13.0 Å². The van der Waals surface area contributed by atoms with Gasteiger partial charge in [0.15, 0.2) is 11.5 Å². The summed E-state index contributed by atoms with van der Waals surface area (Å²) in [5.74, 6) is 0.624. The lowest BCUT2D eigenvalue weighted by Gasteiger charge is -2.37. The highest BCUT2D eigenvalue weighted by molar-refractivity contribution is 5.92. The van der Waals surface area contributed by atoms with E-state index in [4.69, 9.17) is 5.73 Å². The van der Waals surface area contributed by atoms with Gasteiger partial charge in [0.2, 0.25) is 0 Å². The lowest BCUT2D eigenvalue weighted by molar-refractivity contribution is 0.0950. The third-order valence-electron chi connectivity index (χ3n) is 3.40. The molecule has 0 spiro atoms. The van der Waals surface area contributed by atoms with Crippen molar-refractivity contribution >= 4 is 11.7 Å². The standard InChI is InChI=1S/C13H21N5O/c1-2-15-13(19)11-6-7-12(17-16-11)18(9-8-14)10-4-3-5-10/h6-7,10H,2-5,8-9,14H2,1H3,(H,15,19). The number of nitrogens with one attached hydrogen (secondary N) is 1. The highest BCUT2D eigenvalue weighted by Gasteiger charge is 2.25. The summed E-state index contributed by atoms with van der Waals surface area (Å²) in [6, 6.07) is 4.09. The third-order valence-corrected chi connectivity index (χ3v) is 3.40. The van der Waals surface area contributed by atoms with Gasteiger partial charge in [-0.05, 0) is 38.3 Å². The molecule has 6 heteroatoms. The Morgan fingerprint density at radius 3 is 2.74 bits per heavy atom. The molecule has 0 saturated heterocycles. The molecule has 104 valence electrons. The molecule has 1 aliphatic carbocycles. The molecule has 6 nitrogen and oxygen atoms in total. The van der Waals surface area contributed by atoms with Crippen molar-refractivity contribution in [3.05, 3.63) is 17.8 Å². The molecular weight excluding hydrogens is 242 g/mol. The predicted octanol–water partition coefficient (Wildman–Crippen LogP) is 0.544. The van der Waals surface area contributed by atoms with Crippen LogP contribution in [0.25, 0.3) is 0 Å². The summed E-state index contributed by atoms with van der Waals surface area (Å²) in [7, 11) is 0. The quantitative estimate of drug-likeness (QED) is 0.782. The molecule has 0 bridgehead atoms. The fraction of sp³-hybridized carbons (Fsp3) is 0.615. The molecule has 19 heavy (non-hydrogen) atoms. The molecule has 3 N–H and O–H groups in total. The summed E-state index contributed by atoms with van der Waals surface area (Å²) < 4.78 is 0. The summed E-state index contributed by atoms with van der Waals surface area (Å²) in [4.78, 5) is 13.8. The van der Waals surface area contributed by atoms with E-state index >= 15 is 0 Å². The minimum absolute atomic E-state index is 0.185. The first kappa shape index (κ1) is 13.7. The predicted molar refractivity (Wildman–Crippen MR) is 74.1 cm³/mol. The van der Waals surface area contributed by atoms with E-state index in [0.29, 0.717) is 24.8 Å². The molecule has 1 heterocycles. The lowest BCUT2D eigenvalue weighted by Crippen LogP contribution is -2.43. The molecule has 1 aromatic rings. The highest BCUT2D eigenvalue weighted by atomic mass is 16.1. The van der Waals surface area contributed by atoms with Crippen molar-refractivity contribution in [2.45, 2.75) is 32.2 Å². The smallest absolute Gasteiger partial charge is 0.271 e. The van der Waals surface area contributed by atoms with Crippen molar-refractivity contribution in [1.82, 2.24) is 15.5 Å². The van der Waals surface area contributed by atoms with Crippen molar-refractivity contribution in [2.24, 2.45) is 5.73 Å². The van der Waals surface area contributed by atoms with Crippen molar-refractivity contribution in [3.8, 4) is 0 Å². The molecule has 1 fully saturated rings. The Morgan fingerprint density at radius 1 is 1.47 bits per heavy atom. The molecule has 0 unspecified atom stereocenters. The number of rotatable bonds is 6. The Morgan fingerprint density at radius 2 is 2.26 bits per heavy atom.